The number of nitrogens with zero attached hydrogens (tertiary/aromatic N) is 1. The first-order valence-corrected chi connectivity index (χ1v) is 6.01. The lowest BCUT2D eigenvalue weighted by Gasteiger charge is -2.07. The van der Waals surface area contributed by atoms with Crippen LogP contribution in [0.2, 0.25) is 0 Å². The van der Waals surface area contributed by atoms with Gasteiger partial charge in [0.25, 0.3) is 5.91 Å². The summed E-state index contributed by atoms with van der Waals surface area (Å²) in [5.74, 6) is -6.39. The summed E-state index contributed by atoms with van der Waals surface area (Å²) < 4.78 is 43.7. The van der Waals surface area contributed by atoms with Crippen molar-refractivity contribution in [1.29, 1.82) is 0 Å². The number of amides is 1. The maximum absolute atomic E-state index is 13.3. The molecule has 1 aromatic carbocycles. The molecule has 0 saturated heterocycles. The van der Waals surface area contributed by atoms with E-state index in [0.29, 0.717) is 11.8 Å². The standard InChI is InChI=1S/C13H10F3N3O3/c1-6-4-9(19-18-6)13(21)22-5-10(20)17-8-3-2-7(14)11(15)12(8)16/h2-4H,5H2,1H3,(H,17,20)(H,18,19). The summed E-state index contributed by atoms with van der Waals surface area (Å²) in [5.41, 5.74) is 0.0418. The number of hydrogen-bond donors (Lipinski definition) is 2. The van der Waals surface area contributed by atoms with Crippen LogP contribution < -0.4 is 5.32 Å². The van der Waals surface area contributed by atoms with Crippen LogP contribution in [-0.4, -0.2) is 28.7 Å². The topological polar surface area (TPSA) is 84.1 Å². The molecule has 1 heterocycles. The van der Waals surface area contributed by atoms with E-state index in [1.54, 1.807) is 6.92 Å². The van der Waals surface area contributed by atoms with Crippen LogP contribution in [0.4, 0.5) is 18.9 Å². The van der Waals surface area contributed by atoms with Crippen molar-refractivity contribution in [1.82, 2.24) is 10.2 Å². The Kier molecular flexibility index (Phi) is 4.44. The fourth-order valence-electron chi connectivity index (χ4n) is 1.54. The molecule has 22 heavy (non-hydrogen) atoms. The normalized spacial score (nSPS) is 10.4. The molecule has 0 aliphatic carbocycles. The Balaban J connectivity index is 1.94. The summed E-state index contributed by atoms with van der Waals surface area (Å²) in [5, 5.41) is 8.11. The molecule has 1 aromatic heterocycles. The maximum Gasteiger partial charge on any atom is 0.359 e. The fraction of sp³-hybridized carbons (Fsp3) is 0.154. The number of H-pyrrole nitrogens is 1. The van der Waals surface area contributed by atoms with Gasteiger partial charge in [-0.1, -0.05) is 0 Å². The third-order valence-electron chi connectivity index (χ3n) is 2.56. The Bertz CT molecular complexity index is 731. The van der Waals surface area contributed by atoms with Crippen LogP contribution in [0.25, 0.3) is 0 Å². The number of benzene rings is 1. The van der Waals surface area contributed by atoms with Gasteiger partial charge in [-0.3, -0.25) is 9.89 Å². The first-order valence-electron chi connectivity index (χ1n) is 6.01. The number of rotatable bonds is 4. The minimum Gasteiger partial charge on any atom is -0.451 e. The van der Waals surface area contributed by atoms with Crippen LogP contribution in [0.3, 0.4) is 0 Å². The van der Waals surface area contributed by atoms with Gasteiger partial charge in [0.05, 0.1) is 5.69 Å². The van der Waals surface area contributed by atoms with E-state index >= 15 is 0 Å². The van der Waals surface area contributed by atoms with E-state index in [1.165, 1.54) is 6.07 Å². The smallest absolute Gasteiger partial charge is 0.359 e. The van der Waals surface area contributed by atoms with E-state index < -0.39 is 41.6 Å². The Morgan fingerprint density at radius 1 is 1.27 bits per heavy atom. The van der Waals surface area contributed by atoms with Gasteiger partial charge < -0.3 is 10.1 Å². The molecule has 116 valence electrons. The van der Waals surface area contributed by atoms with Gasteiger partial charge in [0.1, 0.15) is 0 Å². The quantitative estimate of drug-likeness (QED) is 0.667. The number of ether oxygens (including phenoxy) is 1. The molecule has 0 aliphatic rings. The number of aryl methyl sites for hydroxylation is 1. The lowest BCUT2D eigenvalue weighted by atomic mass is 10.3. The molecule has 0 fully saturated rings. The molecule has 0 spiro atoms. The molecule has 2 aromatic rings. The Morgan fingerprint density at radius 3 is 2.64 bits per heavy atom. The highest BCUT2D eigenvalue weighted by atomic mass is 19.2. The van der Waals surface area contributed by atoms with Crippen molar-refractivity contribution < 1.29 is 27.5 Å². The monoisotopic (exact) mass is 313 g/mol. The molecule has 1 amide bonds. The van der Waals surface area contributed by atoms with Crippen LogP contribution in [0.15, 0.2) is 18.2 Å². The zero-order valence-electron chi connectivity index (χ0n) is 11.2. The van der Waals surface area contributed by atoms with Crippen LogP contribution in [0.1, 0.15) is 16.2 Å². The predicted octanol–water partition coefficient (Wildman–Crippen LogP) is 1.93. The van der Waals surface area contributed by atoms with E-state index in [1.807, 2.05) is 5.32 Å². The second-order valence-electron chi connectivity index (χ2n) is 4.28. The number of carbonyl (C=O) groups is 2. The predicted molar refractivity (Wildman–Crippen MR) is 68.6 cm³/mol. The first kappa shape index (κ1) is 15.5. The average Bonchev–Trinajstić information content (AvgIpc) is 2.92. The lowest BCUT2D eigenvalue weighted by Crippen LogP contribution is -2.22. The Labute approximate surface area is 122 Å². The second kappa shape index (κ2) is 6.29. The van der Waals surface area contributed by atoms with Crippen molar-refractivity contribution in [2.75, 3.05) is 11.9 Å². The van der Waals surface area contributed by atoms with Crippen molar-refractivity contribution in [3.05, 3.63) is 47.0 Å². The van der Waals surface area contributed by atoms with Gasteiger partial charge in [-0.25, -0.2) is 18.0 Å². The zero-order chi connectivity index (χ0) is 16.3. The van der Waals surface area contributed by atoms with Gasteiger partial charge in [0, 0.05) is 5.69 Å². The number of hydrogen-bond acceptors (Lipinski definition) is 4. The number of anilines is 1. The number of aromatic nitrogens is 2. The van der Waals surface area contributed by atoms with Gasteiger partial charge >= 0.3 is 5.97 Å². The van der Waals surface area contributed by atoms with Crippen molar-refractivity contribution in [3.8, 4) is 0 Å². The van der Waals surface area contributed by atoms with Gasteiger partial charge in [0.2, 0.25) is 0 Å². The summed E-state index contributed by atoms with van der Waals surface area (Å²) in [6, 6.07) is 2.92. The highest BCUT2D eigenvalue weighted by Crippen LogP contribution is 2.19. The molecular weight excluding hydrogens is 303 g/mol. The van der Waals surface area contributed by atoms with Crippen LogP contribution in [-0.2, 0) is 9.53 Å². The SMILES string of the molecule is Cc1cc(C(=O)OCC(=O)Nc2ccc(F)c(F)c2F)n[nH]1. The molecule has 0 unspecified atom stereocenters. The molecule has 9 heteroatoms. The zero-order valence-corrected chi connectivity index (χ0v) is 11.2. The Hall–Kier alpha value is -2.84. The molecule has 0 saturated carbocycles. The maximum atomic E-state index is 13.3. The van der Waals surface area contributed by atoms with E-state index in [0.717, 1.165) is 6.07 Å². The van der Waals surface area contributed by atoms with Crippen molar-refractivity contribution in [2.24, 2.45) is 0 Å². The second-order valence-corrected chi connectivity index (χ2v) is 4.28. The molecular formula is C13H10F3N3O3. The lowest BCUT2D eigenvalue weighted by molar-refractivity contribution is -0.119. The van der Waals surface area contributed by atoms with Gasteiger partial charge in [-0.05, 0) is 25.1 Å². The largest absolute Gasteiger partial charge is 0.451 e. The van der Waals surface area contributed by atoms with E-state index in [4.69, 9.17) is 0 Å². The molecule has 2 N–H and O–H groups in total. The van der Waals surface area contributed by atoms with Crippen molar-refractivity contribution >= 4 is 17.6 Å². The third-order valence-corrected chi connectivity index (χ3v) is 2.56. The molecule has 6 nitrogen and oxygen atoms in total. The van der Waals surface area contributed by atoms with Gasteiger partial charge in [0.15, 0.2) is 29.8 Å². The van der Waals surface area contributed by atoms with E-state index in [-0.39, 0.29) is 5.69 Å². The highest BCUT2D eigenvalue weighted by Gasteiger charge is 2.17. The summed E-state index contributed by atoms with van der Waals surface area (Å²) in [7, 11) is 0. The summed E-state index contributed by atoms with van der Waals surface area (Å²) in [6.07, 6.45) is 0. The number of nitrogens with one attached hydrogen (secondary N) is 2. The summed E-state index contributed by atoms with van der Waals surface area (Å²) >= 11 is 0. The molecule has 2 rings (SSSR count). The van der Waals surface area contributed by atoms with Crippen LogP contribution in [0.5, 0.6) is 0 Å². The van der Waals surface area contributed by atoms with Crippen LogP contribution in [0, 0.1) is 24.4 Å². The van der Waals surface area contributed by atoms with Gasteiger partial charge in [-0.2, -0.15) is 5.10 Å². The fourth-order valence-corrected chi connectivity index (χ4v) is 1.54. The number of carbonyl (C=O) groups excluding carboxylic acids is 2. The number of aromatic amines is 1. The Morgan fingerprint density at radius 2 is 2.00 bits per heavy atom. The number of halogens is 3. The first-order chi connectivity index (χ1) is 10.4. The summed E-state index contributed by atoms with van der Waals surface area (Å²) in [4.78, 5) is 23.0. The van der Waals surface area contributed by atoms with Gasteiger partial charge in [-0.15, -0.1) is 0 Å². The van der Waals surface area contributed by atoms with Crippen LogP contribution >= 0.6 is 0 Å². The minimum atomic E-state index is -1.71. The summed E-state index contributed by atoms with van der Waals surface area (Å²) in [6.45, 7) is 0.936. The molecule has 0 bridgehead atoms. The molecule has 0 aliphatic heterocycles. The minimum absolute atomic E-state index is 0.0238. The number of esters is 1. The molecule has 0 atom stereocenters. The third kappa shape index (κ3) is 3.43. The highest BCUT2D eigenvalue weighted by molar-refractivity contribution is 5.94. The van der Waals surface area contributed by atoms with E-state index in [2.05, 4.69) is 14.9 Å². The van der Waals surface area contributed by atoms with Crippen molar-refractivity contribution in [3.63, 3.8) is 0 Å². The van der Waals surface area contributed by atoms with E-state index in [9.17, 15) is 22.8 Å². The molecule has 0 radical (unpaired) electrons. The average molecular weight is 313 g/mol. The van der Waals surface area contributed by atoms with Crippen molar-refractivity contribution in [2.45, 2.75) is 6.92 Å².